The average Bonchev–Trinajstić information content (AvgIpc) is 3.58. The third kappa shape index (κ3) is 5.44. The number of carbonyl (C=O) groups is 2. The Labute approximate surface area is 198 Å². The first kappa shape index (κ1) is 23.9. The number of ether oxygens (including phenoxy) is 1. The molecule has 1 aliphatic heterocycles. The van der Waals surface area contributed by atoms with Gasteiger partial charge in [-0.1, -0.05) is 18.2 Å². The Morgan fingerprint density at radius 2 is 2.09 bits per heavy atom. The zero-order valence-corrected chi connectivity index (χ0v) is 19.1. The summed E-state index contributed by atoms with van der Waals surface area (Å²) in [6.45, 7) is 1.71. The number of nitrogens with zero attached hydrogens (tertiary/aromatic N) is 1. The van der Waals surface area contributed by atoms with E-state index in [1.165, 1.54) is 13.0 Å². The summed E-state index contributed by atoms with van der Waals surface area (Å²) >= 11 is 0. The van der Waals surface area contributed by atoms with Crippen LogP contribution in [0.15, 0.2) is 42.5 Å². The molecule has 3 atom stereocenters. The first-order valence-electron chi connectivity index (χ1n) is 11.6. The van der Waals surface area contributed by atoms with E-state index in [2.05, 4.69) is 16.7 Å². The normalized spacial score (nSPS) is 21.4. The Balaban J connectivity index is 1.43. The molecule has 2 aliphatic rings. The molecule has 1 saturated heterocycles. The van der Waals surface area contributed by atoms with Crippen LogP contribution < -0.4 is 16.4 Å². The number of hydrogen-bond acceptors (Lipinski definition) is 6. The van der Waals surface area contributed by atoms with Gasteiger partial charge in [0, 0.05) is 25.4 Å². The summed E-state index contributed by atoms with van der Waals surface area (Å²) in [5, 5.41) is 14.9. The SMILES string of the molecule is CC(=O)O[C@H]1CN[C@@H](C(=O)Nc2cc(CC[C@@](N)(c3cccc(C#N)c3)C3CC3)ccc2F)C1. The van der Waals surface area contributed by atoms with E-state index >= 15 is 0 Å². The van der Waals surface area contributed by atoms with Gasteiger partial charge in [0.25, 0.3) is 0 Å². The van der Waals surface area contributed by atoms with Gasteiger partial charge in [0.15, 0.2) is 0 Å². The lowest BCUT2D eigenvalue weighted by atomic mass is 9.80. The lowest BCUT2D eigenvalue weighted by Crippen LogP contribution is -2.39. The molecular weight excluding hydrogens is 435 g/mol. The molecule has 178 valence electrons. The fourth-order valence-corrected chi connectivity index (χ4v) is 4.68. The van der Waals surface area contributed by atoms with Crippen molar-refractivity contribution >= 4 is 17.6 Å². The molecule has 0 unspecified atom stereocenters. The van der Waals surface area contributed by atoms with Gasteiger partial charge in [-0.25, -0.2) is 4.39 Å². The first-order chi connectivity index (χ1) is 16.3. The van der Waals surface area contributed by atoms with Gasteiger partial charge >= 0.3 is 5.97 Å². The van der Waals surface area contributed by atoms with Crippen LogP contribution in [0.4, 0.5) is 10.1 Å². The van der Waals surface area contributed by atoms with Gasteiger partial charge in [0.1, 0.15) is 11.9 Å². The fraction of sp³-hybridized carbons (Fsp3) is 0.423. The van der Waals surface area contributed by atoms with Crippen molar-refractivity contribution in [2.24, 2.45) is 11.7 Å². The minimum atomic E-state index is -0.565. The molecule has 34 heavy (non-hydrogen) atoms. The number of halogens is 1. The molecule has 2 aromatic rings. The third-order valence-corrected chi connectivity index (χ3v) is 6.69. The molecule has 8 heteroatoms. The molecule has 2 fully saturated rings. The molecule has 0 spiro atoms. The van der Waals surface area contributed by atoms with Crippen molar-refractivity contribution in [1.82, 2.24) is 5.32 Å². The standard InChI is InChI=1S/C26H29FN4O3/c1-16(32)34-21-13-24(30-15-21)25(33)31-23-12-17(5-8-22(23)27)9-10-26(29,19-6-7-19)20-4-2-3-18(11-20)14-28/h2-5,8,11-12,19,21,24,30H,6-7,9-10,13,15,29H2,1H3,(H,31,33)/t21-,24-,26+/m1/s1. The highest BCUT2D eigenvalue weighted by molar-refractivity contribution is 5.95. The molecule has 1 amide bonds. The molecule has 4 N–H and O–H groups in total. The van der Waals surface area contributed by atoms with Crippen molar-refractivity contribution in [3.05, 3.63) is 65.0 Å². The van der Waals surface area contributed by atoms with Crippen molar-refractivity contribution in [1.29, 1.82) is 5.26 Å². The summed E-state index contributed by atoms with van der Waals surface area (Å²) in [4.78, 5) is 23.8. The monoisotopic (exact) mass is 464 g/mol. The molecule has 0 aromatic heterocycles. The Morgan fingerprint density at radius 3 is 2.79 bits per heavy atom. The van der Waals surface area contributed by atoms with Gasteiger partial charge in [-0.3, -0.25) is 9.59 Å². The number of aryl methyl sites for hydroxylation is 1. The maximum Gasteiger partial charge on any atom is 0.302 e. The van der Waals surface area contributed by atoms with Gasteiger partial charge in [0.05, 0.1) is 23.4 Å². The highest BCUT2D eigenvalue weighted by Crippen LogP contribution is 2.46. The van der Waals surface area contributed by atoms with Gasteiger partial charge in [-0.2, -0.15) is 5.26 Å². The van der Waals surface area contributed by atoms with Crippen LogP contribution in [0.5, 0.6) is 0 Å². The third-order valence-electron chi connectivity index (χ3n) is 6.69. The van der Waals surface area contributed by atoms with Crippen molar-refractivity contribution in [3.8, 4) is 6.07 Å². The summed E-state index contributed by atoms with van der Waals surface area (Å²) in [5.41, 5.74) is 8.81. The fourth-order valence-electron chi connectivity index (χ4n) is 4.68. The second kappa shape index (κ2) is 9.92. The van der Waals surface area contributed by atoms with E-state index < -0.39 is 23.4 Å². The highest BCUT2D eigenvalue weighted by Gasteiger charge is 2.43. The highest BCUT2D eigenvalue weighted by atomic mass is 19.1. The molecule has 0 radical (unpaired) electrons. The van der Waals surface area contributed by atoms with Crippen LogP contribution in [0, 0.1) is 23.1 Å². The Bertz CT molecular complexity index is 1130. The molecule has 1 aliphatic carbocycles. The summed E-state index contributed by atoms with van der Waals surface area (Å²) < 4.78 is 19.6. The van der Waals surface area contributed by atoms with Crippen LogP contribution in [-0.2, 0) is 26.3 Å². The lowest BCUT2D eigenvalue weighted by Gasteiger charge is -2.31. The Morgan fingerprint density at radius 1 is 1.29 bits per heavy atom. The molecule has 7 nitrogen and oxygen atoms in total. The first-order valence-corrected chi connectivity index (χ1v) is 11.6. The maximum atomic E-state index is 14.5. The number of nitriles is 1. The Kier molecular flexibility index (Phi) is 6.96. The van der Waals surface area contributed by atoms with E-state index in [9.17, 15) is 19.2 Å². The number of benzene rings is 2. The van der Waals surface area contributed by atoms with E-state index in [1.54, 1.807) is 18.2 Å². The molecule has 4 rings (SSSR count). The summed E-state index contributed by atoms with van der Waals surface area (Å²) in [6.07, 6.45) is 3.29. The van der Waals surface area contributed by atoms with Crippen LogP contribution in [0.25, 0.3) is 0 Å². The van der Waals surface area contributed by atoms with Gasteiger partial charge in [0.2, 0.25) is 5.91 Å². The number of anilines is 1. The maximum absolute atomic E-state index is 14.5. The van der Waals surface area contributed by atoms with Crippen molar-refractivity contribution in [3.63, 3.8) is 0 Å². The van der Waals surface area contributed by atoms with E-state index in [0.29, 0.717) is 37.3 Å². The van der Waals surface area contributed by atoms with Crippen LogP contribution in [0.3, 0.4) is 0 Å². The largest absolute Gasteiger partial charge is 0.461 e. The number of rotatable bonds is 8. The van der Waals surface area contributed by atoms with Crippen LogP contribution >= 0.6 is 0 Å². The number of nitrogens with one attached hydrogen (secondary N) is 2. The smallest absolute Gasteiger partial charge is 0.302 e. The summed E-state index contributed by atoms with van der Waals surface area (Å²) in [5.74, 6) is -0.937. The predicted octanol–water partition coefficient (Wildman–Crippen LogP) is 3.13. The number of amides is 1. The average molecular weight is 465 g/mol. The van der Waals surface area contributed by atoms with Crippen LogP contribution in [-0.4, -0.2) is 30.6 Å². The van der Waals surface area contributed by atoms with Gasteiger partial charge in [-0.15, -0.1) is 0 Å². The Hall–Kier alpha value is -3.28. The predicted molar refractivity (Wildman–Crippen MR) is 125 cm³/mol. The summed E-state index contributed by atoms with van der Waals surface area (Å²) in [7, 11) is 0. The van der Waals surface area contributed by atoms with Crippen LogP contribution in [0.1, 0.15) is 49.3 Å². The topological polar surface area (TPSA) is 117 Å². The number of esters is 1. The summed E-state index contributed by atoms with van der Waals surface area (Å²) in [6, 6.07) is 13.7. The molecular formula is C26H29FN4O3. The zero-order valence-electron chi connectivity index (χ0n) is 19.1. The second-order valence-electron chi connectivity index (χ2n) is 9.24. The molecule has 0 bridgehead atoms. The van der Waals surface area contributed by atoms with Crippen molar-refractivity contribution in [2.45, 2.75) is 56.7 Å². The molecule has 2 aromatic carbocycles. The minimum absolute atomic E-state index is 0.112. The van der Waals surface area contributed by atoms with Crippen molar-refractivity contribution < 1.29 is 18.7 Å². The van der Waals surface area contributed by atoms with E-state index in [1.807, 2.05) is 18.2 Å². The number of hydrogen-bond donors (Lipinski definition) is 3. The van der Waals surface area contributed by atoms with E-state index in [-0.39, 0.29) is 17.7 Å². The quantitative estimate of drug-likeness (QED) is 0.517. The second-order valence-corrected chi connectivity index (χ2v) is 9.24. The lowest BCUT2D eigenvalue weighted by molar-refractivity contribution is -0.145. The van der Waals surface area contributed by atoms with Crippen molar-refractivity contribution in [2.75, 3.05) is 11.9 Å². The zero-order chi connectivity index (χ0) is 24.3. The van der Waals surface area contributed by atoms with Gasteiger partial charge < -0.3 is 21.1 Å². The van der Waals surface area contributed by atoms with E-state index in [0.717, 1.165) is 24.0 Å². The minimum Gasteiger partial charge on any atom is -0.461 e. The van der Waals surface area contributed by atoms with E-state index in [4.69, 9.17) is 10.5 Å². The van der Waals surface area contributed by atoms with Gasteiger partial charge in [-0.05, 0) is 67.0 Å². The molecule has 1 saturated carbocycles. The number of carbonyl (C=O) groups excluding carboxylic acids is 2. The van der Waals surface area contributed by atoms with Crippen LogP contribution in [0.2, 0.25) is 0 Å². The number of nitrogens with two attached hydrogens (primary N) is 1. The molecule has 1 heterocycles.